The second-order valence-electron chi connectivity index (χ2n) is 10.4. The number of nitrogens with one attached hydrogen (secondary N) is 1. The number of anilines is 1. The van der Waals surface area contributed by atoms with Gasteiger partial charge in [0.1, 0.15) is 23.4 Å². The van der Waals surface area contributed by atoms with Gasteiger partial charge < -0.3 is 14.6 Å². The second-order valence-corrected chi connectivity index (χ2v) is 10.4. The summed E-state index contributed by atoms with van der Waals surface area (Å²) in [4.78, 5) is 49.1. The third-order valence-electron chi connectivity index (χ3n) is 5.89. The van der Waals surface area contributed by atoms with Gasteiger partial charge in [0, 0.05) is 24.4 Å². The van der Waals surface area contributed by atoms with Gasteiger partial charge in [-0.05, 0) is 82.0 Å². The van der Waals surface area contributed by atoms with E-state index < -0.39 is 48.0 Å². The molecule has 12 heteroatoms. The zero-order chi connectivity index (χ0) is 30.4. The molecule has 0 aliphatic heterocycles. The monoisotopic (exact) mass is 577 g/mol. The van der Waals surface area contributed by atoms with E-state index in [2.05, 4.69) is 5.32 Å². The van der Waals surface area contributed by atoms with Gasteiger partial charge >= 0.3 is 12.3 Å². The van der Waals surface area contributed by atoms with Crippen LogP contribution in [0.1, 0.15) is 57.7 Å². The molecule has 0 radical (unpaired) electrons. The normalized spacial score (nSPS) is 12.2. The highest BCUT2D eigenvalue weighted by Gasteiger charge is 2.29. The molecule has 0 bridgehead atoms. The van der Waals surface area contributed by atoms with E-state index in [9.17, 15) is 36.7 Å². The zero-order valence-electron chi connectivity index (χ0n) is 22.9. The highest BCUT2D eigenvalue weighted by atomic mass is 19.4. The minimum atomic E-state index is -4.50. The van der Waals surface area contributed by atoms with Gasteiger partial charge in [-0.2, -0.15) is 13.2 Å². The van der Waals surface area contributed by atoms with Crippen molar-refractivity contribution in [3.8, 4) is 0 Å². The molecular weight excluding hydrogens is 546 g/mol. The maximum absolute atomic E-state index is 14.4. The molecule has 1 N–H and O–H groups in total. The van der Waals surface area contributed by atoms with Crippen LogP contribution in [-0.2, 0) is 27.3 Å². The lowest BCUT2D eigenvalue weighted by molar-refractivity contribution is -0.134. The van der Waals surface area contributed by atoms with Gasteiger partial charge in [-0.3, -0.25) is 14.4 Å². The molecule has 1 amide bonds. The Labute approximate surface area is 233 Å². The Bertz CT molecular complexity index is 1510. The highest BCUT2D eigenvalue weighted by molar-refractivity contribution is 5.93. The molecule has 2 heterocycles. The summed E-state index contributed by atoms with van der Waals surface area (Å²) in [7, 11) is 0. The van der Waals surface area contributed by atoms with Crippen molar-refractivity contribution in [1.82, 2.24) is 9.13 Å². The molecule has 41 heavy (non-hydrogen) atoms. The number of pyridine rings is 1. The van der Waals surface area contributed by atoms with Crippen molar-refractivity contribution in [2.45, 2.75) is 71.2 Å². The van der Waals surface area contributed by atoms with Crippen LogP contribution < -0.4 is 10.9 Å². The summed E-state index contributed by atoms with van der Waals surface area (Å²) in [5.41, 5.74) is -1.38. The number of rotatable bonds is 10. The van der Waals surface area contributed by atoms with E-state index >= 15 is 0 Å². The molecular formula is C29H31F4N3O5. The van der Waals surface area contributed by atoms with Crippen molar-refractivity contribution in [1.29, 1.82) is 0 Å². The Balaban J connectivity index is 2.00. The minimum absolute atomic E-state index is 0.0160. The molecule has 0 aliphatic rings. The number of carbonyl (C=O) groups excluding carboxylic acids is 3. The summed E-state index contributed by atoms with van der Waals surface area (Å²) in [5.74, 6) is -1.18. The number of fused-ring (bicyclic) bond motifs is 1. The molecule has 220 valence electrons. The topological polar surface area (TPSA) is 99.4 Å². The standard InChI is InChI=1S/C29H31F4N3O5/c1-28(2,3)41-27(40)36-22(17-20-16-21(30)15-19(25(20)36)11-12-29(31,32)33)18-35-13-8-9-23(26(35)39)34-24(38)10-6-4-5-7-14-37/h5,7-9,13-17H,4,6,10-12,18H2,1-3H3,(H,34,38)/b7-5+. The average Bonchev–Trinajstić information content (AvgIpc) is 3.21. The van der Waals surface area contributed by atoms with E-state index in [1.54, 1.807) is 26.8 Å². The van der Waals surface area contributed by atoms with E-state index in [0.29, 0.717) is 19.1 Å². The summed E-state index contributed by atoms with van der Waals surface area (Å²) in [6.07, 6.45) is -1.12. The fourth-order valence-corrected chi connectivity index (χ4v) is 4.22. The van der Waals surface area contributed by atoms with Crippen LogP contribution in [0.3, 0.4) is 0 Å². The number of halogens is 4. The van der Waals surface area contributed by atoms with Crippen LogP contribution in [0.4, 0.5) is 28.0 Å². The van der Waals surface area contributed by atoms with Crippen molar-refractivity contribution in [2.24, 2.45) is 0 Å². The first-order valence-corrected chi connectivity index (χ1v) is 12.9. The van der Waals surface area contributed by atoms with E-state index in [0.717, 1.165) is 16.7 Å². The van der Waals surface area contributed by atoms with Crippen molar-refractivity contribution >= 4 is 34.9 Å². The molecule has 0 spiro atoms. The minimum Gasteiger partial charge on any atom is -0.443 e. The SMILES string of the molecule is CC(C)(C)OC(=O)n1c(Cn2cccc(NC(=O)CCC/C=C/C=O)c2=O)cc2cc(F)cc(CCC(F)(F)F)c21. The van der Waals surface area contributed by atoms with Crippen molar-refractivity contribution < 1.29 is 36.7 Å². The van der Waals surface area contributed by atoms with Crippen molar-refractivity contribution in [3.63, 3.8) is 0 Å². The predicted octanol–water partition coefficient (Wildman–Crippen LogP) is 6.13. The Hall–Kier alpha value is -4.22. The zero-order valence-corrected chi connectivity index (χ0v) is 22.9. The van der Waals surface area contributed by atoms with E-state index in [1.807, 2.05) is 0 Å². The van der Waals surface area contributed by atoms with Crippen LogP contribution in [0.15, 0.2) is 53.5 Å². The molecule has 0 saturated heterocycles. The van der Waals surface area contributed by atoms with Gasteiger partial charge in [-0.25, -0.2) is 13.8 Å². The Kier molecular flexibility index (Phi) is 9.90. The molecule has 2 aromatic heterocycles. The third-order valence-corrected chi connectivity index (χ3v) is 5.89. The number of aldehydes is 1. The molecule has 1 aromatic carbocycles. The van der Waals surface area contributed by atoms with E-state index in [-0.39, 0.29) is 40.8 Å². The molecule has 0 atom stereocenters. The van der Waals surface area contributed by atoms with Crippen LogP contribution in [-0.4, -0.2) is 39.2 Å². The number of amides is 1. The summed E-state index contributed by atoms with van der Waals surface area (Å²) in [6.45, 7) is 4.63. The quantitative estimate of drug-likeness (QED) is 0.135. The molecule has 0 unspecified atom stereocenters. The average molecular weight is 578 g/mol. The number of alkyl halides is 3. The van der Waals surface area contributed by atoms with Crippen LogP contribution in [0.5, 0.6) is 0 Å². The number of hydrogen-bond donors (Lipinski definition) is 1. The lowest BCUT2D eigenvalue weighted by Crippen LogP contribution is -2.30. The fraction of sp³-hybridized carbons (Fsp3) is 0.379. The van der Waals surface area contributed by atoms with Gasteiger partial charge in [-0.15, -0.1) is 0 Å². The molecule has 3 rings (SSSR count). The van der Waals surface area contributed by atoms with Gasteiger partial charge in [-0.1, -0.05) is 6.08 Å². The second kappa shape index (κ2) is 13.0. The molecule has 3 aromatic rings. The van der Waals surface area contributed by atoms with Gasteiger partial charge in [0.05, 0.1) is 17.8 Å². The molecule has 8 nitrogen and oxygen atoms in total. The number of unbranched alkanes of at least 4 members (excludes halogenated alkanes) is 1. The first-order chi connectivity index (χ1) is 19.2. The predicted molar refractivity (Wildman–Crippen MR) is 145 cm³/mol. The van der Waals surface area contributed by atoms with Crippen LogP contribution >= 0.6 is 0 Å². The first kappa shape index (κ1) is 31.3. The first-order valence-electron chi connectivity index (χ1n) is 12.9. The van der Waals surface area contributed by atoms with E-state index in [4.69, 9.17) is 4.74 Å². The maximum atomic E-state index is 14.4. The highest BCUT2D eigenvalue weighted by Crippen LogP contribution is 2.30. The number of hydrogen-bond acceptors (Lipinski definition) is 5. The van der Waals surface area contributed by atoms with E-state index in [1.165, 1.54) is 35.0 Å². The van der Waals surface area contributed by atoms with Gasteiger partial charge in [0.25, 0.3) is 5.56 Å². The molecule has 0 aliphatic carbocycles. The summed E-state index contributed by atoms with van der Waals surface area (Å²) in [5, 5.41) is 2.72. The Morgan fingerprint density at radius 3 is 2.51 bits per heavy atom. The summed E-state index contributed by atoms with van der Waals surface area (Å²) >= 11 is 0. The Morgan fingerprint density at radius 1 is 1.12 bits per heavy atom. The molecule has 0 fully saturated rings. The number of carbonyl (C=O) groups is 3. The lowest BCUT2D eigenvalue weighted by atomic mass is 10.1. The van der Waals surface area contributed by atoms with Crippen LogP contribution in [0.2, 0.25) is 0 Å². The summed E-state index contributed by atoms with van der Waals surface area (Å²) in [6, 6.07) is 6.40. The lowest BCUT2D eigenvalue weighted by Gasteiger charge is -2.22. The van der Waals surface area contributed by atoms with Crippen molar-refractivity contribution in [2.75, 3.05) is 5.32 Å². The Morgan fingerprint density at radius 2 is 1.85 bits per heavy atom. The largest absolute Gasteiger partial charge is 0.443 e. The number of nitrogens with zero attached hydrogens (tertiary/aromatic N) is 2. The van der Waals surface area contributed by atoms with Crippen LogP contribution in [0.25, 0.3) is 10.9 Å². The van der Waals surface area contributed by atoms with Gasteiger partial charge in [0.2, 0.25) is 5.91 Å². The smallest absolute Gasteiger partial charge is 0.419 e. The molecule has 0 saturated carbocycles. The number of benzene rings is 1. The number of aromatic nitrogens is 2. The summed E-state index contributed by atoms with van der Waals surface area (Å²) < 4.78 is 61.3. The fourth-order valence-electron chi connectivity index (χ4n) is 4.22. The van der Waals surface area contributed by atoms with Gasteiger partial charge in [0.15, 0.2) is 0 Å². The number of aryl methyl sites for hydroxylation is 1. The van der Waals surface area contributed by atoms with Crippen molar-refractivity contribution in [3.05, 3.63) is 76.1 Å². The maximum Gasteiger partial charge on any atom is 0.419 e. The number of ether oxygens (including phenoxy) is 1. The van der Waals surface area contributed by atoms with Crippen LogP contribution in [0, 0.1) is 5.82 Å². The number of allylic oxidation sites excluding steroid dienone is 2. The third kappa shape index (κ3) is 8.89.